The summed E-state index contributed by atoms with van der Waals surface area (Å²) in [5.41, 5.74) is 5.95. The van der Waals surface area contributed by atoms with Crippen LogP contribution in [0.25, 0.3) is 6.08 Å². The molecule has 0 heterocycles. The van der Waals surface area contributed by atoms with Gasteiger partial charge in [0.1, 0.15) is 0 Å². The van der Waals surface area contributed by atoms with Gasteiger partial charge in [0, 0.05) is 6.61 Å². The third-order valence-electron chi connectivity index (χ3n) is 3.24. The van der Waals surface area contributed by atoms with Gasteiger partial charge in [-0.2, -0.15) is 0 Å². The Kier molecular flexibility index (Phi) is 5.54. The minimum absolute atomic E-state index is 0.00746. The SMILES string of the molecule is C/C(=C\c1c(CO)cc(C)c(CCO)c1C)CO. The zero-order valence-electron chi connectivity index (χ0n) is 11.3. The normalized spacial score (nSPS) is 12.0. The number of hydrogen-bond donors (Lipinski definition) is 3. The summed E-state index contributed by atoms with van der Waals surface area (Å²) in [5, 5.41) is 27.6. The summed E-state index contributed by atoms with van der Waals surface area (Å²) in [6, 6.07) is 1.95. The number of aryl methyl sites for hydroxylation is 1. The molecule has 0 aliphatic carbocycles. The van der Waals surface area contributed by atoms with Gasteiger partial charge in [0.25, 0.3) is 0 Å². The van der Waals surface area contributed by atoms with Crippen molar-refractivity contribution < 1.29 is 15.3 Å². The number of aliphatic hydroxyl groups excluding tert-OH is 3. The van der Waals surface area contributed by atoms with Crippen LogP contribution in [-0.2, 0) is 13.0 Å². The highest BCUT2D eigenvalue weighted by molar-refractivity contribution is 5.63. The van der Waals surface area contributed by atoms with Crippen LogP contribution in [0.15, 0.2) is 11.6 Å². The average molecular weight is 250 g/mol. The van der Waals surface area contributed by atoms with Crippen LogP contribution in [0.4, 0.5) is 0 Å². The van der Waals surface area contributed by atoms with Crippen molar-refractivity contribution in [2.45, 2.75) is 33.8 Å². The zero-order valence-corrected chi connectivity index (χ0v) is 11.3. The first-order valence-electron chi connectivity index (χ1n) is 6.16. The molecule has 3 nitrogen and oxygen atoms in total. The smallest absolute Gasteiger partial charge is 0.0687 e. The summed E-state index contributed by atoms with van der Waals surface area (Å²) in [7, 11) is 0. The van der Waals surface area contributed by atoms with Gasteiger partial charge in [-0.25, -0.2) is 0 Å². The van der Waals surface area contributed by atoms with Gasteiger partial charge in [-0.3, -0.25) is 0 Å². The Hall–Kier alpha value is -1.16. The molecule has 0 atom stereocenters. The van der Waals surface area contributed by atoms with Gasteiger partial charge in [0.15, 0.2) is 0 Å². The predicted molar refractivity (Wildman–Crippen MR) is 73.4 cm³/mol. The highest BCUT2D eigenvalue weighted by Crippen LogP contribution is 2.25. The Morgan fingerprint density at radius 2 is 1.89 bits per heavy atom. The van der Waals surface area contributed by atoms with Gasteiger partial charge >= 0.3 is 0 Å². The molecule has 1 rings (SSSR count). The standard InChI is InChI=1S/C15H22O3/c1-10(8-17)6-15-12(3)14(4-5-16)11(2)7-13(15)9-18/h6-7,16-18H,4-5,8-9H2,1-3H3/b10-6+. The molecular formula is C15H22O3. The van der Waals surface area contributed by atoms with E-state index in [4.69, 9.17) is 10.2 Å². The third-order valence-corrected chi connectivity index (χ3v) is 3.24. The molecule has 0 spiro atoms. The molecule has 0 unspecified atom stereocenters. The quantitative estimate of drug-likeness (QED) is 0.746. The Morgan fingerprint density at radius 3 is 2.39 bits per heavy atom. The van der Waals surface area contributed by atoms with Crippen LogP contribution in [0, 0.1) is 13.8 Å². The fourth-order valence-electron chi connectivity index (χ4n) is 2.25. The Bertz CT molecular complexity index is 448. The summed E-state index contributed by atoms with van der Waals surface area (Å²) in [5.74, 6) is 0. The lowest BCUT2D eigenvalue weighted by atomic mass is 9.90. The highest BCUT2D eigenvalue weighted by Gasteiger charge is 2.11. The summed E-state index contributed by atoms with van der Waals surface area (Å²) in [4.78, 5) is 0. The van der Waals surface area contributed by atoms with E-state index >= 15 is 0 Å². The molecule has 0 saturated heterocycles. The number of hydrogen-bond acceptors (Lipinski definition) is 3. The molecule has 1 aromatic carbocycles. The predicted octanol–water partition coefficient (Wildman–Crippen LogP) is 1.73. The molecule has 0 fully saturated rings. The van der Waals surface area contributed by atoms with E-state index < -0.39 is 0 Å². The molecule has 0 aromatic heterocycles. The third kappa shape index (κ3) is 3.19. The Balaban J connectivity index is 3.41. The number of aliphatic hydroxyl groups is 3. The summed E-state index contributed by atoms with van der Waals surface area (Å²) >= 11 is 0. The van der Waals surface area contributed by atoms with Crippen molar-refractivity contribution in [3.63, 3.8) is 0 Å². The van der Waals surface area contributed by atoms with Crippen molar-refractivity contribution in [1.82, 2.24) is 0 Å². The Labute approximate surface area is 108 Å². The first-order chi connectivity index (χ1) is 8.54. The van der Waals surface area contributed by atoms with E-state index in [1.54, 1.807) is 0 Å². The van der Waals surface area contributed by atoms with Crippen molar-refractivity contribution in [2.24, 2.45) is 0 Å². The van der Waals surface area contributed by atoms with Crippen molar-refractivity contribution in [3.8, 4) is 0 Å². The first kappa shape index (κ1) is 14.9. The fraction of sp³-hybridized carbons (Fsp3) is 0.467. The molecule has 3 heteroatoms. The highest BCUT2D eigenvalue weighted by atomic mass is 16.3. The monoisotopic (exact) mass is 250 g/mol. The van der Waals surface area contributed by atoms with Gasteiger partial charge in [0.05, 0.1) is 13.2 Å². The van der Waals surface area contributed by atoms with Crippen molar-refractivity contribution in [3.05, 3.63) is 39.5 Å². The lowest BCUT2D eigenvalue weighted by Crippen LogP contribution is -2.04. The number of rotatable bonds is 5. The van der Waals surface area contributed by atoms with E-state index in [0.29, 0.717) is 6.42 Å². The van der Waals surface area contributed by atoms with Gasteiger partial charge in [-0.15, -0.1) is 0 Å². The maximum Gasteiger partial charge on any atom is 0.0687 e. The van der Waals surface area contributed by atoms with Crippen molar-refractivity contribution in [1.29, 1.82) is 0 Å². The lowest BCUT2D eigenvalue weighted by molar-refractivity contribution is 0.281. The molecule has 1 aromatic rings. The van der Waals surface area contributed by atoms with E-state index in [-0.39, 0.29) is 19.8 Å². The average Bonchev–Trinajstić information content (AvgIpc) is 2.37. The fourth-order valence-corrected chi connectivity index (χ4v) is 2.25. The lowest BCUT2D eigenvalue weighted by Gasteiger charge is -2.16. The second-order valence-corrected chi connectivity index (χ2v) is 4.65. The van der Waals surface area contributed by atoms with Crippen molar-refractivity contribution in [2.75, 3.05) is 13.2 Å². The molecule has 0 aliphatic rings. The maximum atomic E-state index is 9.43. The van der Waals surface area contributed by atoms with Crippen LogP contribution >= 0.6 is 0 Å². The molecule has 3 N–H and O–H groups in total. The summed E-state index contributed by atoms with van der Waals surface area (Å²) in [6.07, 6.45) is 2.52. The molecule has 0 amide bonds. The van der Waals surface area contributed by atoms with Gasteiger partial charge in [-0.05, 0) is 60.6 Å². The molecule has 0 saturated carbocycles. The van der Waals surface area contributed by atoms with Gasteiger partial charge < -0.3 is 15.3 Å². The van der Waals surface area contributed by atoms with Crippen LogP contribution in [0.3, 0.4) is 0 Å². The molecular weight excluding hydrogens is 228 g/mol. The molecule has 0 aliphatic heterocycles. The Morgan fingerprint density at radius 1 is 1.22 bits per heavy atom. The van der Waals surface area contributed by atoms with Crippen LogP contribution in [0.5, 0.6) is 0 Å². The maximum absolute atomic E-state index is 9.43. The summed E-state index contributed by atoms with van der Waals surface area (Å²) in [6.45, 7) is 5.94. The minimum atomic E-state index is -0.0222. The topological polar surface area (TPSA) is 60.7 Å². The molecule has 18 heavy (non-hydrogen) atoms. The molecule has 0 radical (unpaired) electrons. The molecule has 100 valence electrons. The van der Waals surface area contributed by atoms with Crippen LogP contribution in [0.1, 0.15) is 34.7 Å². The van der Waals surface area contributed by atoms with E-state index in [0.717, 1.165) is 33.4 Å². The molecule has 0 bridgehead atoms. The van der Waals surface area contributed by atoms with Crippen molar-refractivity contribution >= 4 is 6.08 Å². The van der Waals surface area contributed by atoms with E-state index in [1.165, 1.54) is 0 Å². The zero-order chi connectivity index (χ0) is 13.7. The largest absolute Gasteiger partial charge is 0.396 e. The van der Waals surface area contributed by atoms with E-state index in [9.17, 15) is 5.11 Å². The summed E-state index contributed by atoms with van der Waals surface area (Å²) < 4.78 is 0. The minimum Gasteiger partial charge on any atom is -0.396 e. The second-order valence-electron chi connectivity index (χ2n) is 4.65. The van der Waals surface area contributed by atoms with E-state index in [2.05, 4.69) is 0 Å². The first-order valence-corrected chi connectivity index (χ1v) is 6.16. The van der Waals surface area contributed by atoms with Crippen LogP contribution in [-0.4, -0.2) is 28.5 Å². The van der Waals surface area contributed by atoms with E-state index in [1.807, 2.05) is 32.9 Å². The number of benzene rings is 1. The second kappa shape index (κ2) is 6.69. The van der Waals surface area contributed by atoms with Gasteiger partial charge in [0.2, 0.25) is 0 Å². The van der Waals surface area contributed by atoms with Gasteiger partial charge in [-0.1, -0.05) is 12.1 Å². The van der Waals surface area contributed by atoms with Crippen LogP contribution < -0.4 is 0 Å². The van der Waals surface area contributed by atoms with Crippen LogP contribution in [0.2, 0.25) is 0 Å².